The zero-order valence-corrected chi connectivity index (χ0v) is 13.7. The Morgan fingerprint density at radius 3 is 1.61 bits per heavy atom. The third kappa shape index (κ3) is 4.29. The molecule has 0 aliphatic rings. The summed E-state index contributed by atoms with van der Waals surface area (Å²) in [5.74, 6) is 0.506. The molecule has 1 nitrogen and oxygen atoms in total. The summed E-state index contributed by atoms with van der Waals surface area (Å²) in [6.45, 7) is 3.19. The Morgan fingerprint density at radius 2 is 1.17 bits per heavy atom. The molecule has 0 aliphatic heterocycles. The van der Waals surface area contributed by atoms with Gasteiger partial charge in [-0.05, 0) is 42.4 Å². The van der Waals surface area contributed by atoms with Crippen molar-refractivity contribution in [2.75, 3.05) is 0 Å². The van der Waals surface area contributed by atoms with Gasteiger partial charge >= 0.3 is 0 Å². The molecule has 0 saturated heterocycles. The molecule has 23 heavy (non-hydrogen) atoms. The number of nitrogens with zero attached hydrogens (tertiary/aromatic N) is 1. The lowest BCUT2D eigenvalue weighted by atomic mass is 9.87. The van der Waals surface area contributed by atoms with E-state index in [1.807, 2.05) is 0 Å². The van der Waals surface area contributed by atoms with Crippen molar-refractivity contribution in [2.24, 2.45) is 0 Å². The second-order valence-corrected chi connectivity index (χ2v) is 6.04. The van der Waals surface area contributed by atoms with Crippen LogP contribution in [0.2, 0.25) is 0 Å². The molecule has 116 valence electrons. The lowest BCUT2D eigenvalue weighted by molar-refractivity contribution is -0.693. The Bertz CT molecular complexity index is 660. The lowest BCUT2D eigenvalue weighted by Gasteiger charge is -2.17. The summed E-state index contributed by atoms with van der Waals surface area (Å²) >= 11 is 0. The molecule has 1 heteroatoms. The summed E-state index contributed by atoms with van der Waals surface area (Å²) in [7, 11) is 0. The maximum atomic E-state index is 2.28. The van der Waals surface area contributed by atoms with Crippen LogP contribution in [0, 0.1) is 0 Å². The first-order chi connectivity index (χ1) is 11.3. The van der Waals surface area contributed by atoms with E-state index in [1.165, 1.54) is 16.7 Å². The Labute approximate surface area is 139 Å². The first kappa shape index (κ1) is 15.5. The molecule has 3 rings (SSSR count). The summed E-state index contributed by atoms with van der Waals surface area (Å²) in [5, 5.41) is 0. The van der Waals surface area contributed by atoms with Gasteiger partial charge in [0.15, 0.2) is 12.4 Å². The van der Waals surface area contributed by atoms with Gasteiger partial charge in [0.05, 0.1) is 0 Å². The van der Waals surface area contributed by atoms with Crippen LogP contribution in [0.4, 0.5) is 0 Å². The summed E-state index contributed by atoms with van der Waals surface area (Å²) in [4.78, 5) is 0. The number of benzene rings is 2. The molecule has 0 unspecified atom stereocenters. The molecule has 0 spiro atoms. The van der Waals surface area contributed by atoms with E-state index in [9.17, 15) is 0 Å². The van der Waals surface area contributed by atoms with Crippen molar-refractivity contribution in [3.8, 4) is 0 Å². The number of pyridine rings is 1. The van der Waals surface area contributed by atoms with Crippen LogP contribution in [0.3, 0.4) is 0 Å². The quantitative estimate of drug-likeness (QED) is 0.588. The fourth-order valence-corrected chi connectivity index (χ4v) is 3.06. The summed E-state index contributed by atoms with van der Waals surface area (Å²) in [6.07, 6.45) is 6.54. The highest BCUT2D eigenvalue weighted by molar-refractivity contribution is 5.25. The van der Waals surface area contributed by atoms with Gasteiger partial charge in [0.2, 0.25) is 0 Å². The van der Waals surface area contributed by atoms with E-state index in [1.54, 1.807) is 0 Å². The summed E-state index contributed by atoms with van der Waals surface area (Å²) in [5.41, 5.74) is 4.23. The van der Waals surface area contributed by atoms with E-state index >= 15 is 0 Å². The van der Waals surface area contributed by atoms with Crippen LogP contribution in [0.5, 0.6) is 0 Å². The monoisotopic (exact) mass is 302 g/mol. The molecule has 0 bridgehead atoms. The molecule has 0 aliphatic carbocycles. The maximum absolute atomic E-state index is 2.28. The zero-order chi connectivity index (χ0) is 15.9. The maximum Gasteiger partial charge on any atom is 0.169 e. The fraction of sp³-hybridized carbons (Fsp3) is 0.227. The third-order valence-electron chi connectivity index (χ3n) is 4.40. The van der Waals surface area contributed by atoms with Gasteiger partial charge in [0.1, 0.15) is 6.54 Å². The average Bonchev–Trinajstić information content (AvgIpc) is 2.63. The lowest BCUT2D eigenvalue weighted by Crippen LogP contribution is -2.31. The van der Waals surface area contributed by atoms with Crippen LogP contribution in [-0.2, 0) is 19.4 Å². The number of aromatic nitrogens is 1. The van der Waals surface area contributed by atoms with Crippen molar-refractivity contribution in [2.45, 2.75) is 32.2 Å². The number of aryl methyl sites for hydroxylation is 1. The van der Waals surface area contributed by atoms with E-state index in [0.29, 0.717) is 5.92 Å². The largest absolute Gasteiger partial charge is 0.205 e. The van der Waals surface area contributed by atoms with Crippen molar-refractivity contribution in [1.29, 1.82) is 0 Å². The van der Waals surface area contributed by atoms with Crippen molar-refractivity contribution >= 4 is 0 Å². The summed E-state index contributed by atoms with van der Waals surface area (Å²) < 4.78 is 2.21. The predicted octanol–water partition coefficient (Wildman–Crippen LogP) is 4.56. The molecule has 0 atom stereocenters. The molecule has 1 heterocycles. The van der Waals surface area contributed by atoms with Crippen molar-refractivity contribution in [3.05, 3.63) is 102 Å². The van der Waals surface area contributed by atoms with Crippen molar-refractivity contribution in [3.63, 3.8) is 0 Å². The molecule has 0 saturated carbocycles. The van der Waals surface area contributed by atoms with Gasteiger partial charge in [-0.1, -0.05) is 60.7 Å². The summed E-state index contributed by atoms with van der Waals surface area (Å²) in [6, 6.07) is 26.2. The van der Waals surface area contributed by atoms with Crippen LogP contribution >= 0.6 is 0 Å². The van der Waals surface area contributed by atoms with Gasteiger partial charge in [0, 0.05) is 12.1 Å². The number of rotatable bonds is 6. The van der Waals surface area contributed by atoms with Gasteiger partial charge in [-0.25, -0.2) is 4.57 Å². The molecule has 0 N–H and O–H groups in total. The van der Waals surface area contributed by atoms with Crippen molar-refractivity contribution in [1.82, 2.24) is 0 Å². The topological polar surface area (TPSA) is 3.88 Å². The fourth-order valence-electron chi connectivity index (χ4n) is 3.06. The van der Waals surface area contributed by atoms with Crippen LogP contribution in [0.25, 0.3) is 0 Å². The van der Waals surface area contributed by atoms with E-state index in [-0.39, 0.29) is 0 Å². The minimum Gasteiger partial charge on any atom is -0.205 e. The van der Waals surface area contributed by atoms with E-state index in [2.05, 4.69) is 96.7 Å². The normalized spacial score (nSPS) is 10.9. The third-order valence-corrected chi connectivity index (χ3v) is 4.40. The second kappa shape index (κ2) is 7.73. The van der Waals surface area contributed by atoms with Crippen LogP contribution < -0.4 is 4.57 Å². The highest BCUT2D eigenvalue weighted by Crippen LogP contribution is 2.24. The Morgan fingerprint density at radius 1 is 0.696 bits per heavy atom. The smallest absolute Gasteiger partial charge is 0.169 e. The van der Waals surface area contributed by atoms with Gasteiger partial charge in [-0.15, -0.1) is 0 Å². The van der Waals surface area contributed by atoms with E-state index in [0.717, 1.165) is 19.4 Å². The first-order valence-corrected chi connectivity index (χ1v) is 8.42. The minimum atomic E-state index is 0.506. The van der Waals surface area contributed by atoms with Crippen LogP contribution in [0.15, 0.2) is 85.2 Å². The van der Waals surface area contributed by atoms with Crippen LogP contribution in [-0.4, -0.2) is 0 Å². The molecule has 1 aromatic heterocycles. The Hall–Kier alpha value is -2.41. The highest BCUT2D eigenvalue weighted by atomic mass is 14.9. The van der Waals surface area contributed by atoms with Gasteiger partial charge in [-0.3, -0.25) is 0 Å². The van der Waals surface area contributed by atoms with E-state index in [4.69, 9.17) is 0 Å². The number of hydrogen-bond acceptors (Lipinski definition) is 0. The zero-order valence-electron chi connectivity index (χ0n) is 13.7. The molecule has 3 aromatic rings. The second-order valence-electron chi connectivity index (χ2n) is 6.04. The van der Waals surface area contributed by atoms with Gasteiger partial charge in [-0.2, -0.15) is 0 Å². The van der Waals surface area contributed by atoms with Crippen LogP contribution in [0.1, 0.15) is 29.5 Å². The van der Waals surface area contributed by atoms with Crippen molar-refractivity contribution < 1.29 is 4.57 Å². The highest BCUT2D eigenvalue weighted by Gasteiger charge is 2.14. The Balaban J connectivity index is 1.85. The average molecular weight is 302 g/mol. The number of hydrogen-bond donors (Lipinski definition) is 0. The standard InChI is InChI=1S/C22H24N/c1-2-23-15-13-21(14-16-23)22(17-19-9-5-3-6-10-19)18-20-11-7-4-8-12-20/h3-16,22H,2,17-18H2,1H3/q+1. The van der Waals surface area contributed by atoms with E-state index < -0.39 is 0 Å². The molecule has 0 radical (unpaired) electrons. The minimum absolute atomic E-state index is 0.506. The predicted molar refractivity (Wildman–Crippen MR) is 95.3 cm³/mol. The molecular weight excluding hydrogens is 278 g/mol. The molecule has 0 fully saturated rings. The van der Waals surface area contributed by atoms with Gasteiger partial charge in [0.25, 0.3) is 0 Å². The molecule has 2 aromatic carbocycles. The molecule has 0 amide bonds. The SMILES string of the molecule is CC[n+]1ccc(C(Cc2ccccc2)Cc2ccccc2)cc1. The Kier molecular flexibility index (Phi) is 5.21. The van der Waals surface area contributed by atoms with Gasteiger partial charge < -0.3 is 0 Å². The first-order valence-electron chi connectivity index (χ1n) is 8.42. The molecular formula is C22H24N+.